The van der Waals surface area contributed by atoms with E-state index in [9.17, 15) is 0 Å². The minimum Gasteiger partial charge on any atom is -0.369 e. The van der Waals surface area contributed by atoms with Crippen molar-refractivity contribution in [3.63, 3.8) is 0 Å². The monoisotopic (exact) mass is 416 g/mol. The van der Waals surface area contributed by atoms with Crippen molar-refractivity contribution in [1.29, 1.82) is 0 Å². The molecule has 1 heterocycles. The lowest BCUT2D eigenvalue weighted by molar-refractivity contribution is 0.567. The number of para-hydroxylation sites is 1. The van der Waals surface area contributed by atoms with Gasteiger partial charge in [0.25, 0.3) is 0 Å². The summed E-state index contributed by atoms with van der Waals surface area (Å²) in [5.41, 5.74) is 1.31. The summed E-state index contributed by atoms with van der Waals surface area (Å²) in [7, 11) is 1.84. The highest BCUT2D eigenvalue weighted by Crippen LogP contribution is 2.19. The zero-order valence-corrected chi connectivity index (χ0v) is 16.2. The highest BCUT2D eigenvalue weighted by Gasteiger charge is 2.23. The van der Waals surface area contributed by atoms with Gasteiger partial charge in [-0.1, -0.05) is 32.0 Å². The van der Waals surface area contributed by atoms with Crippen LogP contribution in [-0.4, -0.2) is 38.7 Å². The molecule has 0 spiro atoms. The van der Waals surface area contributed by atoms with Crippen molar-refractivity contribution < 1.29 is 0 Å². The molecular formula is C17H29IN4. The van der Waals surface area contributed by atoms with E-state index in [-0.39, 0.29) is 24.0 Å². The van der Waals surface area contributed by atoms with Crippen molar-refractivity contribution in [2.75, 3.05) is 31.6 Å². The van der Waals surface area contributed by atoms with E-state index in [1.54, 1.807) is 0 Å². The Morgan fingerprint density at radius 3 is 2.68 bits per heavy atom. The molecule has 0 bridgehead atoms. The quantitative estimate of drug-likeness (QED) is 0.440. The van der Waals surface area contributed by atoms with Gasteiger partial charge in [-0.05, 0) is 30.9 Å². The van der Waals surface area contributed by atoms with Gasteiger partial charge >= 0.3 is 0 Å². The summed E-state index contributed by atoms with van der Waals surface area (Å²) in [4.78, 5) is 6.75. The van der Waals surface area contributed by atoms with Gasteiger partial charge in [0.05, 0.1) is 0 Å². The Hall–Kier alpha value is -0.980. The fraction of sp³-hybridized carbons (Fsp3) is 0.588. The van der Waals surface area contributed by atoms with Crippen molar-refractivity contribution >= 4 is 35.6 Å². The zero-order chi connectivity index (χ0) is 15.1. The molecule has 1 aliphatic heterocycles. The van der Waals surface area contributed by atoms with Crippen molar-refractivity contribution in [2.24, 2.45) is 10.9 Å². The molecular weight excluding hydrogens is 387 g/mol. The molecule has 2 N–H and O–H groups in total. The summed E-state index contributed by atoms with van der Waals surface area (Å²) >= 11 is 0. The first-order chi connectivity index (χ1) is 10.2. The van der Waals surface area contributed by atoms with E-state index in [1.807, 2.05) is 7.05 Å². The van der Waals surface area contributed by atoms with Crippen LogP contribution in [0.25, 0.3) is 0 Å². The normalized spacial score (nSPS) is 18.3. The lowest BCUT2D eigenvalue weighted by Gasteiger charge is -2.20. The summed E-state index contributed by atoms with van der Waals surface area (Å²) in [5, 5.41) is 6.94. The molecule has 4 nitrogen and oxygen atoms in total. The summed E-state index contributed by atoms with van der Waals surface area (Å²) in [5.74, 6) is 1.64. The first-order valence-corrected chi connectivity index (χ1v) is 7.96. The minimum absolute atomic E-state index is 0. The number of rotatable bonds is 5. The maximum absolute atomic E-state index is 4.32. The second kappa shape index (κ2) is 9.92. The number of nitrogens with one attached hydrogen (secondary N) is 2. The van der Waals surface area contributed by atoms with Crippen LogP contribution in [0.3, 0.4) is 0 Å². The Labute approximate surface area is 151 Å². The van der Waals surface area contributed by atoms with E-state index in [2.05, 4.69) is 64.7 Å². The SMILES string of the molecule is CN=C(NCCC(C)C)NC1CCN(c2ccccc2)C1.I. The second-order valence-corrected chi connectivity index (χ2v) is 6.09. The fourth-order valence-corrected chi connectivity index (χ4v) is 2.62. The molecule has 5 heteroatoms. The number of hydrogen-bond donors (Lipinski definition) is 2. The van der Waals surface area contributed by atoms with Crippen LogP contribution in [0.5, 0.6) is 0 Å². The van der Waals surface area contributed by atoms with Gasteiger partial charge in [0.1, 0.15) is 0 Å². The smallest absolute Gasteiger partial charge is 0.191 e. The Morgan fingerprint density at radius 1 is 1.32 bits per heavy atom. The van der Waals surface area contributed by atoms with Gasteiger partial charge in [-0.3, -0.25) is 4.99 Å². The molecule has 1 saturated heterocycles. The molecule has 0 aromatic heterocycles. The Morgan fingerprint density at radius 2 is 2.05 bits per heavy atom. The molecule has 22 heavy (non-hydrogen) atoms. The summed E-state index contributed by atoms with van der Waals surface area (Å²) < 4.78 is 0. The van der Waals surface area contributed by atoms with Gasteiger partial charge in [-0.2, -0.15) is 0 Å². The number of halogens is 1. The van der Waals surface area contributed by atoms with Crippen LogP contribution in [0.1, 0.15) is 26.7 Å². The van der Waals surface area contributed by atoms with Crippen LogP contribution in [0, 0.1) is 5.92 Å². The molecule has 0 saturated carbocycles. The van der Waals surface area contributed by atoms with Gasteiger partial charge < -0.3 is 15.5 Å². The van der Waals surface area contributed by atoms with E-state index < -0.39 is 0 Å². The molecule has 1 aromatic rings. The van der Waals surface area contributed by atoms with Crippen molar-refractivity contribution in [2.45, 2.75) is 32.7 Å². The molecule has 0 radical (unpaired) electrons. The fourth-order valence-electron chi connectivity index (χ4n) is 2.62. The van der Waals surface area contributed by atoms with Crippen LogP contribution < -0.4 is 15.5 Å². The highest BCUT2D eigenvalue weighted by atomic mass is 127. The average molecular weight is 416 g/mol. The number of benzene rings is 1. The summed E-state index contributed by atoms with van der Waals surface area (Å²) in [6.45, 7) is 7.60. The summed E-state index contributed by atoms with van der Waals surface area (Å²) in [6.07, 6.45) is 2.32. The first kappa shape index (κ1) is 19.1. The molecule has 124 valence electrons. The van der Waals surface area contributed by atoms with Crippen LogP contribution in [0.15, 0.2) is 35.3 Å². The molecule has 0 amide bonds. The van der Waals surface area contributed by atoms with Crippen molar-refractivity contribution in [3.8, 4) is 0 Å². The van der Waals surface area contributed by atoms with E-state index in [4.69, 9.17) is 0 Å². The number of nitrogens with zero attached hydrogens (tertiary/aromatic N) is 2. The van der Waals surface area contributed by atoms with E-state index in [0.29, 0.717) is 6.04 Å². The molecule has 2 rings (SSSR count). The number of aliphatic imine (C=N–C) groups is 1. The Kier molecular flexibility index (Phi) is 8.60. The molecule has 1 atom stereocenters. The van der Waals surface area contributed by atoms with Gasteiger partial charge in [-0.15, -0.1) is 24.0 Å². The summed E-state index contributed by atoms with van der Waals surface area (Å²) in [6, 6.07) is 11.1. The zero-order valence-electron chi connectivity index (χ0n) is 13.9. The average Bonchev–Trinajstić information content (AvgIpc) is 2.95. The van der Waals surface area contributed by atoms with Gasteiger partial charge in [-0.25, -0.2) is 0 Å². The maximum atomic E-state index is 4.32. The number of anilines is 1. The van der Waals surface area contributed by atoms with E-state index in [1.165, 1.54) is 12.1 Å². The number of hydrogen-bond acceptors (Lipinski definition) is 2. The Balaban J connectivity index is 0.00000242. The van der Waals surface area contributed by atoms with Gasteiger partial charge in [0, 0.05) is 38.4 Å². The Bertz CT molecular complexity index is 447. The maximum Gasteiger partial charge on any atom is 0.191 e. The largest absolute Gasteiger partial charge is 0.369 e. The van der Waals surface area contributed by atoms with Gasteiger partial charge in [0.15, 0.2) is 5.96 Å². The predicted octanol–water partition coefficient (Wildman–Crippen LogP) is 3.09. The highest BCUT2D eigenvalue weighted by molar-refractivity contribution is 14.0. The predicted molar refractivity (Wildman–Crippen MR) is 106 cm³/mol. The van der Waals surface area contributed by atoms with Crippen LogP contribution in [-0.2, 0) is 0 Å². The molecule has 1 aliphatic rings. The molecule has 0 aliphatic carbocycles. The minimum atomic E-state index is 0. The third-order valence-corrected chi connectivity index (χ3v) is 3.89. The van der Waals surface area contributed by atoms with Crippen LogP contribution in [0.4, 0.5) is 5.69 Å². The lowest BCUT2D eigenvalue weighted by Crippen LogP contribution is -2.45. The topological polar surface area (TPSA) is 39.7 Å². The van der Waals surface area contributed by atoms with Crippen LogP contribution in [0.2, 0.25) is 0 Å². The van der Waals surface area contributed by atoms with Crippen molar-refractivity contribution in [3.05, 3.63) is 30.3 Å². The van der Waals surface area contributed by atoms with E-state index >= 15 is 0 Å². The van der Waals surface area contributed by atoms with Crippen molar-refractivity contribution in [1.82, 2.24) is 10.6 Å². The molecule has 1 fully saturated rings. The number of guanidine groups is 1. The lowest BCUT2D eigenvalue weighted by atomic mass is 10.1. The third kappa shape index (κ3) is 6.02. The van der Waals surface area contributed by atoms with E-state index in [0.717, 1.165) is 37.9 Å². The molecule has 1 unspecified atom stereocenters. The van der Waals surface area contributed by atoms with Gasteiger partial charge in [0.2, 0.25) is 0 Å². The molecule has 1 aromatic carbocycles. The van der Waals surface area contributed by atoms with Crippen LogP contribution >= 0.6 is 24.0 Å². The first-order valence-electron chi connectivity index (χ1n) is 7.96. The third-order valence-electron chi connectivity index (χ3n) is 3.89. The second-order valence-electron chi connectivity index (χ2n) is 6.09. The standard InChI is InChI=1S/C17H28N4.HI/c1-14(2)9-11-19-17(18-3)20-15-10-12-21(13-15)16-7-5-4-6-8-16;/h4-8,14-15H,9-13H2,1-3H3,(H2,18,19,20);1H.